The van der Waals surface area contributed by atoms with Gasteiger partial charge < -0.3 is 0 Å². The minimum absolute atomic E-state index is 0.155. The maximum absolute atomic E-state index is 11.7. The zero-order valence-corrected chi connectivity index (χ0v) is 14.6. The number of hydrazone groups is 1. The zero-order valence-electron chi connectivity index (χ0n) is 13.8. The van der Waals surface area contributed by atoms with Crippen LogP contribution in [0.5, 0.6) is 0 Å². The van der Waals surface area contributed by atoms with E-state index >= 15 is 0 Å². The van der Waals surface area contributed by atoms with Crippen LogP contribution in [0, 0.1) is 0 Å². The van der Waals surface area contributed by atoms with Gasteiger partial charge in [0.05, 0.1) is 6.21 Å². The molecule has 25 heavy (non-hydrogen) atoms. The highest BCUT2D eigenvalue weighted by atomic mass is 32.1. The van der Waals surface area contributed by atoms with Crippen LogP contribution in [-0.2, 0) is 9.59 Å². The Morgan fingerprint density at radius 2 is 1.76 bits per heavy atom. The van der Waals surface area contributed by atoms with Crippen molar-refractivity contribution in [2.45, 2.75) is 32.1 Å². The molecule has 7 heteroatoms. The second-order valence-corrected chi connectivity index (χ2v) is 6.44. The van der Waals surface area contributed by atoms with E-state index in [9.17, 15) is 9.59 Å². The Balaban J connectivity index is 1.66. The summed E-state index contributed by atoms with van der Waals surface area (Å²) in [5.74, 6) is -0.558. The number of hydrogen-bond donors (Lipinski definition) is 3. The molecule has 0 saturated carbocycles. The van der Waals surface area contributed by atoms with E-state index in [4.69, 9.17) is 5.21 Å². The van der Waals surface area contributed by atoms with Crippen molar-refractivity contribution >= 4 is 29.4 Å². The van der Waals surface area contributed by atoms with Crippen LogP contribution in [-0.4, -0.2) is 23.2 Å². The highest BCUT2D eigenvalue weighted by molar-refractivity contribution is 7.13. The van der Waals surface area contributed by atoms with E-state index in [1.54, 1.807) is 23.0 Å². The number of thiophene rings is 1. The SMILES string of the molecule is O=C(CCCCCC(=O)NN=Cc1ccc(-c2cccs2)cc1)NO. The molecule has 1 heterocycles. The van der Waals surface area contributed by atoms with Crippen molar-refractivity contribution in [1.29, 1.82) is 0 Å². The zero-order chi connectivity index (χ0) is 17.9. The number of carbonyl (C=O) groups excluding carboxylic acids is 2. The lowest BCUT2D eigenvalue weighted by Gasteiger charge is -2.01. The number of nitrogens with one attached hydrogen (secondary N) is 2. The molecule has 0 atom stereocenters. The maximum atomic E-state index is 11.7. The fourth-order valence-electron chi connectivity index (χ4n) is 2.21. The number of nitrogens with zero attached hydrogens (tertiary/aromatic N) is 1. The molecular formula is C18H21N3O3S. The van der Waals surface area contributed by atoms with Gasteiger partial charge in [-0.3, -0.25) is 14.8 Å². The number of hydrogen-bond acceptors (Lipinski definition) is 5. The summed E-state index contributed by atoms with van der Waals surface area (Å²) in [4.78, 5) is 23.7. The van der Waals surface area contributed by atoms with Crippen LogP contribution in [0.1, 0.15) is 37.7 Å². The van der Waals surface area contributed by atoms with Gasteiger partial charge in [-0.2, -0.15) is 5.10 Å². The second-order valence-electron chi connectivity index (χ2n) is 5.49. The van der Waals surface area contributed by atoms with E-state index in [0.29, 0.717) is 19.3 Å². The largest absolute Gasteiger partial charge is 0.289 e. The normalized spacial score (nSPS) is 10.8. The van der Waals surface area contributed by atoms with E-state index in [1.165, 1.54) is 4.88 Å². The standard InChI is InChI=1S/C18H21N3O3S/c22-17(6-2-1-3-7-18(23)21-24)20-19-13-14-8-10-15(11-9-14)16-5-4-12-25-16/h4-5,8-13,24H,1-3,6-7H2,(H,20,22)(H,21,23). The highest BCUT2D eigenvalue weighted by Crippen LogP contribution is 2.24. The van der Waals surface area contributed by atoms with Crippen molar-refractivity contribution in [2.24, 2.45) is 5.10 Å². The first-order valence-corrected chi connectivity index (χ1v) is 8.96. The average Bonchev–Trinajstić information content (AvgIpc) is 3.16. The van der Waals surface area contributed by atoms with Gasteiger partial charge in [0.25, 0.3) is 0 Å². The average molecular weight is 359 g/mol. The van der Waals surface area contributed by atoms with Gasteiger partial charge >= 0.3 is 0 Å². The Labute approximate surface area is 150 Å². The lowest BCUT2D eigenvalue weighted by molar-refractivity contribution is -0.129. The number of unbranched alkanes of at least 4 members (excludes halogenated alkanes) is 2. The number of hydroxylamine groups is 1. The summed E-state index contributed by atoms with van der Waals surface area (Å²) < 4.78 is 0. The third-order valence-electron chi connectivity index (χ3n) is 3.55. The Morgan fingerprint density at radius 3 is 2.40 bits per heavy atom. The van der Waals surface area contributed by atoms with Crippen molar-refractivity contribution in [1.82, 2.24) is 10.9 Å². The fraction of sp³-hybridized carbons (Fsp3) is 0.278. The van der Waals surface area contributed by atoms with Crippen LogP contribution in [0.2, 0.25) is 0 Å². The fourth-order valence-corrected chi connectivity index (χ4v) is 2.95. The Hall–Kier alpha value is -2.51. The van der Waals surface area contributed by atoms with Gasteiger partial charge in [0, 0.05) is 17.7 Å². The van der Waals surface area contributed by atoms with Crippen LogP contribution >= 0.6 is 11.3 Å². The summed E-state index contributed by atoms with van der Waals surface area (Å²) >= 11 is 1.69. The Bertz CT molecular complexity index is 697. The van der Waals surface area contributed by atoms with Crippen LogP contribution in [0.25, 0.3) is 10.4 Å². The summed E-state index contributed by atoms with van der Waals surface area (Å²) in [5.41, 5.74) is 6.15. The van der Waals surface area contributed by atoms with Gasteiger partial charge in [0.1, 0.15) is 0 Å². The maximum Gasteiger partial charge on any atom is 0.243 e. The number of rotatable bonds is 9. The van der Waals surface area contributed by atoms with Crippen molar-refractivity contribution < 1.29 is 14.8 Å². The van der Waals surface area contributed by atoms with E-state index in [1.807, 2.05) is 35.7 Å². The summed E-state index contributed by atoms with van der Waals surface area (Å²) in [6.45, 7) is 0. The first-order chi connectivity index (χ1) is 12.2. The molecule has 1 aromatic heterocycles. The molecule has 0 fully saturated rings. The molecule has 0 radical (unpaired) electrons. The van der Waals surface area contributed by atoms with Gasteiger partial charge in [0.15, 0.2) is 0 Å². The Kier molecular flexibility index (Phi) is 7.81. The lowest BCUT2D eigenvalue weighted by Crippen LogP contribution is -2.18. The number of carbonyl (C=O) groups is 2. The van der Waals surface area contributed by atoms with Crippen LogP contribution in [0.4, 0.5) is 0 Å². The molecule has 3 N–H and O–H groups in total. The molecule has 0 saturated heterocycles. The molecule has 0 spiro atoms. The predicted molar refractivity (Wildman–Crippen MR) is 98.5 cm³/mol. The third kappa shape index (κ3) is 6.86. The first-order valence-electron chi connectivity index (χ1n) is 8.08. The summed E-state index contributed by atoms with van der Waals surface area (Å²) in [7, 11) is 0. The van der Waals surface area contributed by atoms with E-state index in [2.05, 4.69) is 16.6 Å². The molecule has 1 aromatic carbocycles. The molecule has 2 amide bonds. The monoisotopic (exact) mass is 359 g/mol. The first kappa shape index (κ1) is 18.8. The second kappa shape index (κ2) is 10.4. The van der Waals surface area contributed by atoms with Gasteiger partial charge in [-0.05, 0) is 35.4 Å². The van der Waals surface area contributed by atoms with Gasteiger partial charge in [0.2, 0.25) is 11.8 Å². The molecule has 0 aliphatic heterocycles. The van der Waals surface area contributed by atoms with Crippen molar-refractivity contribution in [3.05, 3.63) is 47.3 Å². The quantitative estimate of drug-likeness (QED) is 0.278. The molecule has 6 nitrogen and oxygen atoms in total. The third-order valence-corrected chi connectivity index (χ3v) is 4.47. The summed E-state index contributed by atoms with van der Waals surface area (Å²) in [6.07, 6.45) is 4.29. The van der Waals surface area contributed by atoms with E-state index < -0.39 is 5.91 Å². The number of benzene rings is 1. The van der Waals surface area contributed by atoms with Crippen molar-refractivity contribution in [3.8, 4) is 10.4 Å². The highest BCUT2D eigenvalue weighted by Gasteiger charge is 2.02. The minimum Gasteiger partial charge on any atom is -0.289 e. The lowest BCUT2D eigenvalue weighted by atomic mass is 10.1. The molecule has 0 aliphatic carbocycles. The molecule has 0 aliphatic rings. The van der Waals surface area contributed by atoms with Crippen LogP contribution in [0.3, 0.4) is 0 Å². The van der Waals surface area contributed by atoms with Crippen molar-refractivity contribution in [3.63, 3.8) is 0 Å². The Morgan fingerprint density at radius 1 is 1.04 bits per heavy atom. The van der Waals surface area contributed by atoms with Crippen LogP contribution < -0.4 is 10.9 Å². The van der Waals surface area contributed by atoms with Gasteiger partial charge in [-0.25, -0.2) is 10.9 Å². The summed E-state index contributed by atoms with van der Waals surface area (Å²) in [5, 5.41) is 14.4. The van der Waals surface area contributed by atoms with E-state index in [-0.39, 0.29) is 12.3 Å². The molecule has 132 valence electrons. The predicted octanol–water partition coefficient (Wildman–Crippen LogP) is 3.32. The molecule has 0 unspecified atom stereocenters. The molecular weight excluding hydrogens is 338 g/mol. The molecule has 2 rings (SSSR count). The molecule has 2 aromatic rings. The minimum atomic E-state index is -0.404. The smallest absolute Gasteiger partial charge is 0.243 e. The molecule has 0 bridgehead atoms. The van der Waals surface area contributed by atoms with Gasteiger partial charge in [-0.1, -0.05) is 36.8 Å². The van der Waals surface area contributed by atoms with E-state index in [0.717, 1.165) is 17.5 Å². The topological polar surface area (TPSA) is 90.8 Å². The van der Waals surface area contributed by atoms with Gasteiger partial charge in [-0.15, -0.1) is 11.3 Å². The summed E-state index contributed by atoms with van der Waals surface area (Å²) in [6, 6.07) is 12.1. The number of amides is 2. The van der Waals surface area contributed by atoms with Crippen LogP contribution in [0.15, 0.2) is 46.9 Å². The van der Waals surface area contributed by atoms with Crippen molar-refractivity contribution in [2.75, 3.05) is 0 Å².